The molecule has 108 valence electrons. The van der Waals surface area contributed by atoms with Crippen molar-refractivity contribution in [2.75, 3.05) is 12.3 Å². The highest BCUT2D eigenvalue weighted by atomic mass is 19.3. The van der Waals surface area contributed by atoms with E-state index in [4.69, 9.17) is 5.73 Å². The average molecular weight is 290 g/mol. The molecule has 1 heterocycles. The third-order valence-electron chi connectivity index (χ3n) is 2.61. The van der Waals surface area contributed by atoms with Gasteiger partial charge in [0.15, 0.2) is 5.69 Å². The molecule has 1 aromatic heterocycles. The Bertz CT molecular complexity index is 640. The normalized spacial score (nSPS) is 12.1. The number of aromatic nitrogens is 2. The monoisotopic (exact) mass is 290 g/mol. The fourth-order valence-electron chi connectivity index (χ4n) is 1.56. The Morgan fingerprint density at radius 3 is 2.80 bits per heavy atom. The number of hydrogen-bond donors (Lipinski definition) is 3. The molecule has 5 nitrogen and oxygen atoms in total. The molecule has 2 aromatic rings. The van der Waals surface area contributed by atoms with Gasteiger partial charge in [-0.25, -0.2) is 8.78 Å². The summed E-state index contributed by atoms with van der Waals surface area (Å²) in [6, 6.07) is 4.55. The van der Waals surface area contributed by atoms with Gasteiger partial charge in [0.05, 0.1) is 12.1 Å². The number of nitrogens with two attached hydrogens (primary N) is 1. The zero-order valence-corrected chi connectivity index (χ0v) is 9.96. The number of aromatic amines is 1. The largest absolute Gasteiger partial charge is 0.399 e. The number of nitrogen functional groups attached to an aromatic ring is 1. The second-order valence-electron chi connectivity index (χ2n) is 4.12. The van der Waals surface area contributed by atoms with Gasteiger partial charge in [-0.2, -0.15) is 13.9 Å². The Labute approximate surface area is 110 Å². The van der Waals surface area contributed by atoms with Gasteiger partial charge in [-0.05, 0) is 18.2 Å². The lowest BCUT2D eigenvalue weighted by Crippen LogP contribution is -2.41. The van der Waals surface area contributed by atoms with Gasteiger partial charge in [-0.3, -0.25) is 9.89 Å². The van der Waals surface area contributed by atoms with Gasteiger partial charge in [0.25, 0.3) is 5.91 Å². The van der Waals surface area contributed by atoms with Crippen LogP contribution in [0, 0.1) is 0 Å². The molecule has 0 atom stereocenters. The molecule has 9 heteroatoms. The minimum atomic E-state index is -4.29. The van der Waals surface area contributed by atoms with E-state index in [1.165, 1.54) is 6.07 Å². The Morgan fingerprint density at radius 2 is 2.15 bits per heavy atom. The minimum absolute atomic E-state index is 0.183. The molecule has 0 radical (unpaired) electrons. The van der Waals surface area contributed by atoms with Gasteiger partial charge in [-0.1, -0.05) is 0 Å². The van der Waals surface area contributed by atoms with E-state index in [0.29, 0.717) is 16.6 Å². The first kappa shape index (κ1) is 14.1. The number of halogens is 4. The third-order valence-corrected chi connectivity index (χ3v) is 2.61. The van der Waals surface area contributed by atoms with Crippen molar-refractivity contribution in [2.45, 2.75) is 12.3 Å². The van der Waals surface area contributed by atoms with Gasteiger partial charge in [0, 0.05) is 11.1 Å². The fourth-order valence-corrected chi connectivity index (χ4v) is 1.56. The van der Waals surface area contributed by atoms with E-state index in [1.54, 1.807) is 17.4 Å². The molecule has 0 aliphatic heterocycles. The molecule has 1 aromatic carbocycles. The maximum Gasteiger partial charge on any atom is 0.324 e. The Morgan fingerprint density at radius 1 is 1.45 bits per heavy atom. The van der Waals surface area contributed by atoms with E-state index in [9.17, 15) is 22.4 Å². The van der Waals surface area contributed by atoms with Crippen LogP contribution in [0.4, 0.5) is 23.2 Å². The predicted octanol–water partition coefficient (Wildman–Crippen LogP) is 1.78. The van der Waals surface area contributed by atoms with Crippen LogP contribution in [0.15, 0.2) is 18.2 Å². The number of amides is 1. The third kappa shape index (κ3) is 2.65. The number of nitrogens with one attached hydrogen (secondary N) is 2. The maximum absolute atomic E-state index is 12.7. The molecule has 0 saturated carbocycles. The number of nitrogens with zero attached hydrogens (tertiary/aromatic N) is 1. The molecule has 0 fully saturated rings. The molecule has 0 spiro atoms. The van der Waals surface area contributed by atoms with Crippen molar-refractivity contribution in [3.8, 4) is 0 Å². The number of H-pyrrole nitrogens is 1. The summed E-state index contributed by atoms with van der Waals surface area (Å²) >= 11 is 0. The first-order chi connectivity index (χ1) is 9.31. The Balaban J connectivity index is 2.18. The average Bonchev–Trinajstić information content (AvgIpc) is 2.78. The standard InChI is InChI=1S/C11H10F4N4O/c12-10(13)11(14,15)4-17-9(20)8-6-3-5(16)1-2-7(6)18-19-8/h1-3,10H,4,16H2,(H,17,20)(H,18,19). The van der Waals surface area contributed by atoms with Gasteiger partial charge in [0.2, 0.25) is 0 Å². The topological polar surface area (TPSA) is 83.8 Å². The van der Waals surface area contributed by atoms with E-state index < -0.39 is 24.8 Å². The van der Waals surface area contributed by atoms with Crippen LogP contribution >= 0.6 is 0 Å². The van der Waals surface area contributed by atoms with Gasteiger partial charge >= 0.3 is 12.3 Å². The Kier molecular flexibility index (Phi) is 3.51. The Hall–Kier alpha value is -2.32. The number of carbonyl (C=O) groups excluding carboxylic acids is 1. The van der Waals surface area contributed by atoms with Crippen molar-refractivity contribution in [1.29, 1.82) is 0 Å². The molecular weight excluding hydrogens is 280 g/mol. The molecule has 1 amide bonds. The first-order valence-corrected chi connectivity index (χ1v) is 5.49. The van der Waals surface area contributed by atoms with E-state index in [-0.39, 0.29) is 5.69 Å². The molecule has 0 unspecified atom stereocenters. The quantitative estimate of drug-likeness (QED) is 0.593. The van der Waals surface area contributed by atoms with E-state index >= 15 is 0 Å². The molecule has 0 aliphatic carbocycles. The van der Waals surface area contributed by atoms with Gasteiger partial charge in [0.1, 0.15) is 0 Å². The summed E-state index contributed by atoms with van der Waals surface area (Å²) in [7, 11) is 0. The molecular formula is C11H10F4N4O. The zero-order chi connectivity index (χ0) is 14.9. The number of anilines is 1. The van der Waals surface area contributed by atoms with Crippen LogP contribution < -0.4 is 11.1 Å². The highest BCUT2D eigenvalue weighted by Gasteiger charge is 2.41. The van der Waals surface area contributed by atoms with E-state index in [2.05, 4.69) is 10.2 Å². The smallest absolute Gasteiger partial charge is 0.324 e. The molecule has 2 rings (SSSR count). The first-order valence-electron chi connectivity index (χ1n) is 5.49. The van der Waals surface area contributed by atoms with Crippen LogP contribution in [0.3, 0.4) is 0 Å². The summed E-state index contributed by atoms with van der Waals surface area (Å²) in [4.78, 5) is 11.7. The van der Waals surface area contributed by atoms with Gasteiger partial charge in [-0.15, -0.1) is 0 Å². The van der Waals surface area contributed by atoms with Crippen molar-refractivity contribution in [2.24, 2.45) is 0 Å². The SMILES string of the molecule is Nc1ccc2[nH]nc(C(=O)NCC(F)(F)C(F)F)c2c1. The second-order valence-corrected chi connectivity index (χ2v) is 4.12. The summed E-state index contributed by atoms with van der Waals surface area (Å²) in [5.74, 6) is -5.27. The summed E-state index contributed by atoms with van der Waals surface area (Å²) in [5.41, 5.74) is 6.19. The second kappa shape index (κ2) is 4.99. The van der Waals surface area contributed by atoms with Crippen LogP contribution in [-0.4, -0.2) is 35.0 Å². The van der Waals surface area contributed by atoms with Crippen molar-refractivity contribution in [1.82, 2.24) is 15.5 Å². The minimum Gasteiger partial charge on any atom is -0.399 e. The van der Waals surface area contributed by atoms with Crippen molar-refractivity contribution in [3.63, 3.8) is 0 Å². The predicted molar refractivity (Wildman–Crippen MR) is 63.8 cm³/mol. The number of carbonyl (C=O) groups is 1. The lowest BCUT2D eigenvalue weighted by molar-refractivity contribution is -0.123. The van der Waals surface area contributed by atoms with Gasteiger partial charge < -0.3 is 11.1 Å². The van der Waals surface area contributed by atoms with Crippen LogP contribution in [-0.2, 0) is 0 Å². The lowest BCUT2D eigenvalue weighted by atomic mass is 10.2. The number of fused-ring (bicyclic) bond motifs is 1. The highest BCUT2D eigenvalue weighted by molar-refractivity contribution is 6.05. The van der Waals surface area contributed by atoms with Crippen LogP contribution in [0.1, 0.15) is 10.5 Å². The zero-order valence-electron chi connectivity index (χ0n) is 9.96. The number of alkyl halides is 4. The highest BCUT2D eigenvalue weighted by Crippen LogP contribution is 2.22. The fraction of sp³-hybridized carbons (Fsp3) is 0.273. The maximum atomic E-state index is 12.7. The molecule has 4 N–H and O–H groups in total. The summed E-state index contributed by atoms with van der Waals surface area (Å²) in [5, 5.41) is 8.22. The number of benzene rings is 1. The number of hydrogen-bond acceptors (Lipinski definition) is 3. The van der Waals surface area contributed by atoms with E-state index in [1.807, 2.05) is 0 Å². The summed E-state index contributed by atoms with van der Waals surface area (Å²) in [6.07, 6.45) is -3.85. The summed E-state index contributed by atoms with van der Waals surface area (Å²) in [6.45, 7) is -1.47. The lowest BCUT2D eigenvalue weighted by Gasteiger charge is -2.15. The molecule has 0 bridgehead atoms. The molecule has 0 saturated heterocycles. The van der Waals surface area contributed by atoms with Crippen LogP contribution in [0.5, 0.6) is 0 Å². The molecule has 20 heavy (non-hydrogen) atoms. The van der Waals surface area contributed by atoms with Crippen LogP contribution in [0.2, 0.25) is 0 Å². The van der Waals surface area contributed by atoms with Crippen LogP contribution in [0.25, 0.3) is 10.9 Å². The van der Waals surface area contributed by atoms with E-state index in [0.717, 1.165) is 0 Å². The summed E-state index contributed by atoms with van der Waals surface area (Å²) < 4.78 is 49.4. The molecule has 0 aliphatic rings. The number of rotatable bonds is 4. The van der Waals surface area contributed by atoms with Crippen molar-refractivity contribution in [3.05, 3.63) is 23.9 Å². The van der Waals surface area contributed by atoms with Crippen molar-refractivity contribution >= 4 is 22.5 Å². The van der Waals surface area contributed by atoms with Crippen molar-refractivity contribution < 1.29 is 22.4 Å².